The number of rotatable bonds is 4. The van der Waals surface area contributed by atoms with Crippen LogP contribution in [0.2, 0.25) is 5.02 Å². The van der Waals surface area contributed by atoms with Gasteiger partial charge in [0.25, 0.3) is 0 Å². The van der Waals surface area contributed by atoms with Crippen LogP contribution in [0, 0.1) is 11.3 Å². The summed E-state index contributed by atoms with van der Waals surface area (Å²) in [5, 5.41) is 17.2. The minimum absolute atomic E-state index is 0.0523. The minimum atomic E-state index is 0.0523. The van der Waals surface area contributed by atoms with E-state index < -0.39 is 0 Å². The average molecular weight is 331 g/mol. The molecule has 1 N–H and O–H groups in total. The van der Waals surface area contributed by atoms with Crippen LogP contribution in [0.4, 0.5) is 5.69 Å². The first-order valence-corrected chi connectivity index (χ1v) is 8.44. The van der Waals surface area contributed by atoms with Crippen LogP contribution in [0.3, 0.4) is 0 Å². The second kappa shape index (κ2) is 6.31. The fourth-order valence-electron chi connectivity index (χ4n) is 2.05. The maximum absolute atomic E-state index is 9.04. The van der Waals surface area contributed by atoms with Crippen molar-refractivity contribution in [3.05, 3.63) is 73.6 Å². The lowest BCUT2D eigenvalue weighted by molar-refractivity contribution is 0.993. The van der Waals surface area contributed by atoms with Gasteiger partial charge in [-0.25, -0.2) is 0 Å². The molecule has 0 aliphatic carbocycles. The molecule has 0 amide bonds. The zero-order chi connectivity index (χ0) is 14.7. The molecule has 0 saturated carbocycles. The first-order valence-electron chi connectivity index (χ1n) is 6.31. The average Bonchev–Trinajstić information content (AvgIpc) is 3.20. The van der Waals surface area contributed by atoms with Crippen molar-refractivity contribution < 1.29 is 0 Å². The van der Waals surface area contributed by atoms with Crippen molar-refractivity contribution in [2.24, 2.45) is 0 Å². The second-order valence-corrected chi connectivity index (χ2v) is 6.78. The molecule has 2 nitrogen and oxygen atoms in total. The zero-order valence-corrected chi connectivity index (χ0v) is 13.3. The molecule has 2 aromatic heterocycles. The van der Waals surface area contributed by atoms with Crippen molar-refractivity contribution in [3.8, 4) is 6.07 Å². The SMILES string of the molecule is N#Cc1ccc(Cl)c(NC(c2cccs2)c2cccs2)c1. The van der Waals surface area contributed by atoms with E-state index in [1.165, 1.54) is 9.75 Å². The summed E-state index contributed by atoms with van der Waals surface area (Å²) in [4.78, 5) is 2.44. The number of nitriles is 1. The van der Waals surface area contributed by atoms with Gasteiger partial charge in [-0.05, 0) is 41.1 Å². The van der Waals surface area contributed by atoms with Gasteiger partial charge in [-0.3, -0.25) is 0 Å². The summed E-state index contributed by atoms with van der Waals surface area (Å²) in [6.45, 7) is 0. The molecule has 0 saturated heterocycles. The first kappa shape index (κ1) is 14.2. The van der Waals surface area contributed by atoms with E-state index in [9.17, 15) is 0 Å². The fraction of sp³-hybridized carbons (Fsp3) is 0.0625. The van der Waals surface area contributed by atoms with Crippen LogP contribution in [-0.4, -0.2) is 0 Å². The molecule has 0 bridgehead atoms. The number of anilines is 1. The van der Waals surface area contributed by atoms with Gasteiger partial charge in [-0.15, -0.1) is 22.7 Å². The van der Waals surface area contributed by atoms with E-state index in [0.29, 0.717) is 10.6 Å². The Morgan fingerprint density at radius 2 is 1.71 bits per heavy atom. The molecule has 21 heavy (non-hydrogen) atoms. The highest BCUT2D eigenvalue weighted by Gasteiger charge is 2.17. The molecule has 0 radical (unpaired) electrons. The van der Waals surface area contributed by atoms with Crippen LogP contribution in [0.1, 0.15) is 21.4 Å². The summed E-state index contributed by atoms with van der Waals surface area (Å²) in [5.41, 5.74) is 1.38. The van der Waals surface area contributed by atoms with Crippen LogP contribution < -0.4 is 5.32 Å². The minimum Gasteiger partial charge on any atom is -0.371 e. The van der Waals surface area contributed by atoms with Crippen LogP contribution in [0.15, 0.2) is 53.2 Å². The van der Waals surface area contributed by atoms with Crippen molar-refractivity contribution in [1.82, 2.24) is 0 Å². The third-order valence-electron chi connectivity index (χ3n) is 3.05. The predicted octanol–water partition coefficient (Wildman–Crippen LogP) is 5.54. The number of hydrogen-bond donors (Lipinski definition) is 1. The van der Waals surface area contributed by atoms with Crippen LogP contribution in [0.5, 0.6) is 0 Å². The quantitative estimate of drug-likeness (QED) is 0.682. The van der Waals surface area contributed by atoms with Gasteiger partial charge in [0.05, 0.1) is 28.4 Å². The Morgan fingerprint density at radius 1 is 1.05 bits per heavy atom. The number of halogens is 1. The predicted molar refractivity (Wildman–Crippen MR) is 90.3 cm³/mol. The molecule has 0 spiro atoms. The number of thiophene rings is 2. The number of nitrogens with one attached hydrogen (secondary N) is 1. The van der Waals surface area contributed by atoms with Gasteiger partial charge >= 0.3 is 0 Å². The maximum Gasteiger partial charge on any atom is 0.0992 e. The van der Waals surface area contributed by atoms with E-state index in [4.69, 9.17) is 16.9 Å². The van der Waals surface area contributed by atoms with E-state index in [1.807, 2.05) is 12.1 Å². The largest absolute Gasteiger partial charge is 0.371 e. The molecule has 1 aromatic carbocycles. The van der Waals surface area contributed by atoms with Crippen LogP contribution >= 0.6 is 34.3 Å². The molecule has 2 heterocycles. The van der Waals surface area contributed by atoms with E-state index in [2.05, 4.69) is 34.3 Å². The van der Waals surface area contributed by atoms with E-state index >= 15 is 0 Å². The third kappa shape index (κ3) is 3.11. The molecule has 0 fully saturated rings. The van der Waals surface area contributed by atoms with Crippen molar-refractivity contribution >= 4 is 40.0 Å². The Kier molecular flexibility index (Phi) is 4.26. The molecule has 5 heteroatoms. The van der Waals surface area contributed by atoms with Gasteiger partial charge in [-0.1, -0.05) is 23.7 Å². The molecule has 0 unspecified atom stereocenters. The highest BCUT2D eigenvalue weighted by atomic mass is 35.5. The zero-order valence-electron chi connectivity index (χ0n) is 10.9. The van der Waals surface area contributed by atoms with Crippen molar-refractivity contribution in [3.63, 3.8) is 0 Å². The van der Waals surface area contributed by atoms with Gasteiger partial charge in [0, 0.05) is 9.75 Å². The van der Waals surface area contributed by atoms with Crippen LogP contribution in [0.25, 0.3) is 0 Å². The number of hydrogen-bond acceptors (Lipinski definition) is 4. The molecule has 3 aromatic rings. The summed E-state index contributed by atoms with van der Waals surface area (Å²) in [6.07, 6.45) is 0. The molecular formula is C16H11ClN2S2. The summed E-state index contributed by atoms with van der Waals surface area (Å²) in [5.74, 6) is 0. The molecular weight excluding hydrogens is 320 g/mol. The van der Waals surface area contributed by atoms with Gasteiger partial charge in [0.1, 0.15) is 0 Å². The highest BCUT2D eigenvalue weighted by molar-refractivity contribution is 7.11. The lowest BCUT2D eigenvalue weighted by Crippen LogP contribution is -2.10. The topological polar surface area (TPSA) is 35.8 Å². The van der Waals surface area contributed by atoms with Gasteiger partial charge < -0.3 is 5.32 Å². The third-order valence-corrected chi connectivity index (χ3v) is 5.25. The lowest BCUT2D eigenvalue weighted by atomic mass is 10.1. The highest BCUT2D eigenvalue weighted by Crippen LogP contribution is 2.34. The first-order chi connectivity index (χ1) is 10.3. The standard InChI is InChI=1S/C16H11ClN2S2/c17-12-6-5-11(10-18)9-13(12)19-16(14-3-1-7-20-14)15-4-2-8-21-15/h1-9,16,19H. The normalized spacial score (nSPS) is 10.5. The lowest BCUT2D eigenvalue weighted by Gasteiger charge is -2.18. The molecule has 0 aliphatic heterocycles. The van der Waals surface area contributed by atoms with Gasteiger partial charge in [-0.2, -0.15) is 5.26 Å². The summed E-state index contributed by atoms with van der Waals surface area (Å²) in [7, 11) is 0. The smallest absolute Gasteiger partial charge is 0.0992 e. The van der Waals surface area contributed by atoms with Gasteiger partial charge in [0.2, 0.25) is 0 Å². The Hall–Kier alpha value is -1.80. The van der Waals surface area contributed by atoms with Gasteiger partial charge in [0.15, 0.2) is 0 Å². The van der Waals surface area contributed by atoms with E-state index in [1.54, 1.807) is 40.9 Å². The van der Waals surface area contributed by atoms with Crippen molar-refractivity contribution in [2.75, 3.05) is 5.32 Å². The van der Waals surface area contributed by atoms with E-state index in [0.717, 1.165) is 5.69 Å². The monoisotopic (exact) mass is 330 g/mol. The Bertz CT molecular complexity index is 724. The molecule has 0 aliphatic rings. The Balaban J connectivity index is 1.98. The summed E-state index contributed by atoms with van der Waals surface area (Å²) >= 11 is 9.66. The number of nitrogens with zero attached hydrogens (tertiary/aromatic N) is 1. The second-order valence-electron chi connectivity index (χ2n) is 4.41. The Labute approximate surface area is 136 Å². The maximum atomic E-state index is 9.04. The summed E-state index contributed by atoms with van der Waals surface area (Å²) < 4.78 is 0. The molecule has 0 atom stereocenters. The van der Waals surface area contributed by atoms with Crippen molar-refractivity contribution in [2.45, 2.75) is 6.04 Å². The van der Waals surface area contributed by atoms with Crippen molar-refractivity contribution in [1.29, 1.82) is 5.26 Å². The molecule has 104 valence electrons. The number of benzene rings is 1. The van der Waals surface area contributed by atoms with Crippen LogP contribution in [-0.2, 0) is 0 Å². The Morgan fingerprint density at radius 3 is 2.24 bits per heavy atom. The molecule has 3 rings (SSSR count). The van der Waals surface area contributed by atoms with E-state index in [-0.39, 0.29) is 6.04 Å². The summed E-state index contributed by atoms with van der Waals surface area (Å²) in [6, 6.07) is 15.7. The fourth-order valence-corrected chi connectivity index (χ4v) is 3.89.